The first-order valence-electron chi connectivity index (χ1n) is 6.10. The maximum absolute atomic E-state index is 12.3. The van der Waals surface area contributed by atoms with Crippen molar-refractivity contribution < 1.29 is 18.3 Å². The summed E-state index contributed by atoms with van der Waals surface area (Å²) in [5, 5.41) is 2.52. The minimum absolute atomic E-state index is 0.103. The van der Waals surface area contributed by atoms with Crippen molar-refractivity contribution in [1.29, 1.82) is 0 Å². The lowest BCUT2D eigenvalue weighted by atomic mass is 10.2. The van der Waals surface area contributed by atoms with E-state index in [2.05, 4.69) is 15.0 Å². The number of nitrogens with two attached hydrogens (primary N) is 1. The molecule has 0 saturated carbocycles. The second-order valence-corrected chi connectivity index (χ2v) is 4.07. The van der Waals surface area contributed by atoms with Crippen LogP contribution >= 0.6 is 0 Å². The molecule has 0 spiro atoms. The third kappa shape index (κ3) is 3.96. The van der Waals surface area contributed by atoms with Crippen LogP contribution in [0.5, 0.6) is 5.75 Å². The zero-order valence-corrected chi connectivity index (χ0v) is 10.9. The maximum atomic E-state index is 12.3. The molecule has 7 heteroatoms. The quantitative estimate of drug-likeness (QED) is 0.887. The predicted octanol–water partition coefficient (Wildman–Crippen LogP) is 2.39. The van der Waals surface area contributed by atoms with E-state index in [1.807, 2.05) is 0 Å². The summed E-state index contributed by atoms with van der Waals surface area (Å²) in [6, 6.07) is 9.00. The van der Waals surface area contributed by atoms with Crippen molar-refractivity contribution in [3.05, 3.63) is 53.9 Å². The van der Waals surface area contributed by atoms with Crippen LogP contribution in [0.25, 0.3) is 0 Å². The molecule has 1 aromatic carbocycles. The van der Waals surface area contributed by atoms with Crippen LogP contribution in [0.15, 0.2) is 42.6 Å². The summed E-state index contributed by atoms with van der Waals surface area (Å²) in [6.45, 7) is -2.76. The largest absolute Gasteiger partial charge is 0.433 e. The first-order valence-corrected chi connectivity index (χ1v) is 6.10. The second-order valence-electron chi connectivity index (χ2n) is 4.07. The molecule has 5 nitrogen and oxygen atoms in total. The Bertz CT molecular complexity index is 635. The summed E-state index contributed by atoms with van der Waals surface area (Å²) < 4.78 is 29.0. The molecule has 3 N–H and O–H groups in total. The van der Waals surface area contributed by atoms with Crippen LogP contribution in [0.1, 0.15) is 16.1 Å². The minimum Gasteiger partial charge on any atom is -0.433 e. The summed E-state index contributed by atoms with van der Waals surface area (Å²) in [5.41, 5.74) is 6.50. The van der Waals surface area contributed by atoms with E-state index in [1.165, 1.54) is 36.5 Å². The van der Waals surface area contributed by atoms with Crippen LogP contribution in [0.4, 0.5) is 14.5 Å². The molecule has 0 radical (unpaired) electrons. The molecule has 0 aliphatic rings. The predicted molar refractivity (Wildman–Crippen MR) is 73.2 cm³/mol. The molecule has 0 aliphatic heterocycles. The number of ether oxygens (including phenoxy) is 1. The lowest BCUT2D eigenvalue weighted by Crippen LogP contribution is -2.14. The topological polar surface area (TPSA) is 77.2 Å². The van der Waals surface area contributed by atoms with Gasteiger partial charge in [0.1, 0.15) is 5.75 Å². The van der Waals surface area contributed by atoms with Crippen LogP contribution in [0, 0.1) is 0 Å². The summed E-state index contributed by atoms with van der Waals surface area (Å²) in [5.74, 6) is -0.564. The van der Waals surface area contributed by atoms with Crippen LogP contribution < -0.4 is 15.8 Å². The van der Waals surface area contributed by atoms with Crippen LogP contribution in [0.2, 0.25) is 0 Å². The lowest BCUT2D eigenvalue weighted by Gasteiger charge is -2.11. The van der Waals surface area contributed by atoms with Crippen molar-refractivity contribution >= 4 is 11.6 Å². The van der Waals surface area contributed by atoms with Gasteiger partial charge in [0.05, 0.1) is 11.4 Å². The number of hydrogen-bond acceptors (Lipinski definition) is 4. The van der Waals surface area contributed by atoms with Gasteiger partial charge in [0, 0.05) is 18.3 Å². The molecule has 1 heterocycles. The van der Waals surface area contributed by atoms with E-state index in [0.29, 0.717) is 11.3 Å². The number of alkyl halides is 2. The molecule has 2 aromatic rings. The van der Waals surface area contributed by atoms with Crippen molar-refractivity contribution in [2.75, 3.05) is 5.32 Å². The van der Waals surface area contributed by atoms with Gasteiger partial charge in [-0.3, -0.25) is 9.78 Å². The molecule has 0 aliphatic carbocycles. The average molecular weight is 293 g/mol. The Hall–Kier alpha value is -2.54. The number of nitrogens with zero attached hydrogens (tertiary/aromatic N) is 1. The number of pyridine rings is 1. The number of hydrogen-bond donors (Lipinski definition) is 2. The highest BCUT2D eigenvalue weighted by molar-refractivity contribution is 6.05. The Morgan fingerprint density at radius 2 is 2.10 bits per heavy atom. The smallest absolute Gasteiger partial charge is 0.387 e. The molecule has 0 saturated heterocycles. The van der Waals surface area contributed by atoms with Crippen molar-refractivity contribution in [3.63, 3.8) is 0 Å². The van der Waals surface area contributed by atoms with E-state index < -0.39 is 12.5 Å². The van der Waals surface area contributed by atoms with Crippen LogP contribution in [-0.2, 0) is 6.54 Å². The van der Waals surface area contributed by atoms with Gasteiger partial charge in [0.25, 0.3) is 5.91 Å². The van der Waals surface area contributed by atoms with E-state index >= 15 is 0 Å². The Morgan fingerprint density at radius 1 is 1.33 bits per heavy atom. The number of rotatable bonds is 5. The summed E-state index contributed by atoms with van der Waals surface area (Å²) >= 11 is 0. The maximum Gasteiger partial charge on any atom is 0.387 e. The van der Waals surface area contributed by atoms with Crippen molar-refractivity contribution in [2.24, 2.45) is 5.73 Å². The minimum atomic E-state index is -2.96. The molecule has 0 atom stereocenters. The molecule has 2 rings (SSSR count). The normalized spacial score (nSPS) is 10.5. The van der Waals surface area contributed by atoms with E-state index in [-0.39, 0.29) is 18.0 Å². The molecule has 1 aromatic heterocycles. The van der Waals surface area contributed by atoms with Crippen molar-refractivity contribution in [2.45, 2.75) is 13.2 Å². The summed E-state index contributed by atoms with van der Waals surface area (Å²) in [4.78, 5) is 16.1. The molecule has 21 heavy (non-hydrogen) atoms. The third-order valence-electron chi connectivity index (χ3n) is 2.64. The highest BCUT2D eigenvalue weighted by Gasteiger charge is 2.13. The average Bonchev–Trinajstić information content (AvgIpc) is 2.48. The fourth-order valence-electron chi connectivity index (χ4n) is 1.69. The third-order valence-corrected chi connectivity index (χ3v) is 2.64. The van der Waals surface area contributed by atoms with Gasteiger partial charge in [-0.25, -0.2) is 0 Å². The number of halogens is 2. The SMILES string of the molecule is NCc1cc(C(=O)Nc2ccccc2OC(F)F)ccn1. The molecular formula is C14H13F2N3O2. The molecule has 0 fully saturated rings. The zero-order valence-electron chi connectivity index (χ0n) is 10.9. The van der Waals surface area contributed by atoms with Gasteiger partial charge in [-0.05, 0) is 24.3 Å². The fraction of sp³-hybridized carbons (Fsp3) is 0.143. The number of para-hydroxylation sites is 2. The number of aromatic nitrogens is 1. The Balaban J connectivity index is 2.19. The van der Waals surface area contributed by atoms with E-state index in [9.17, 15) is 13.6 Å². The highest BCUT2D eigenvalue weighted by Crippen LogP contribution is 2.25. The Labute approximate surface area is 119 Å². The lowest BCUT2D eigenvalue weighted by molar-refractivity contribution is -0.0493. The Kier molecular flexibility index (Phi) is 4.78. The number of amides is 1. The number of nitrogens with one attached hydrogen (secondary N) is 1. The van der Waals surface area contributed by atoms with Crippen molar-refractivity contribution in [1.82, 2.24) is 4.98 Å². The van der Waals surface area contributed by atoms with E-state index in [4.69, 9.17) is 5.73 Å². The van der Waals surface area contributed by atoms with Gasteiger partial charge in [0.15, 0.2) is 0 Å². The Morgan fingerprint density at radius 3 is 2.81 bits per heavy atom. The number of carbonyl (C=O) groups excluding carboxylic acids is 1. The molecule has 0 bridgehead atoms. The van der Waals surface area contributed by atoms with Crippen LogP contribution in [0.3, 0.4) is 0 Å². The number of anilines is 1. The van der Waals surface area contributed by atoms with Gasteiger partial charge >= 0.3 is 6.61 Å². The van der Waals surface area contributed by atoms with Gasteiger partial charge in [-0.1, -0.05) is 12.1 Å². The van der Waals surface area contributed by atoms with Gasteiger partial charge in [0.2, 0.25) is 0 Å². The highest BCUT2D eigenvalue weighted by atomic mass is 19.3. The fourth-order valence-corrected chi connectivity index (χ4v) is 1.69. The first kappa shape index (κ1) is 14.9. The summed E-state index contributed by atoms with van der Waals surface area (Å²) in [7, 11) is 0. The van der Waals surface area contributed by atoms with Gasteiger partial charge < -0.3 is 15.8 Å². The first-order chi connectivity index (χ1) is 10.1. The number of benzene rings is 1. The zero-order chi connectivity index (χ0) is 15.2. The molecule has 110 valence electrons. The molecular weight excluding hydrogens is 280 g/mol. The monoisotopic (exact) mass is 293 g/mol. The van der Waals surface area contributed by atoms with E-state index in [0.717, 1.165) is 0 Å². The molecule has 1 amide bonds. The molecule has 0 unspecified atom stereocenters. The van der Waals surface area contributed by atoms with Gasteiger partial charge in [-0.2, -0.15) is 8.78 Å². The van der Waals surface area contributed by atoms with Crippen LogP contribution in [-0.4, -0.2) is 17.5 Å². The van der Waals surface area contributed by atoms with Gasteiger partial charge in [-0.15, -0.1) is 0 Å². The standard InChI is InChI=1S/C14H13F2N3O2/c15-14(16)21-12-4-2-1-3-11(12)19-13(20)9-5-6-18-10(7-9)8-17/h1-7,14H,8,17H2,(H,19,20). The summed E-state index contributed by atoms with van der Waals surface area (Å²) in [6.07, 6.45) is 1.46. The van der Waals surface area contributed by atoms with Crippen molar-refractivity contribution in [3.8, 4) is 5.75 Å². The number of carbonyl (C=O) groups is 1. The van der Waals surface area contributed by atoms with E-state index in [1.54, 1.807) is 6.07 Å². The second kappa shape index (κ2) is 6.76.